The maximum Gasteiger partial charge on any atom is 0.0638 e. The van der Waals surface area contributed by atoms with E-state index in [0.29, 0.717) is 18.0 Å². The molecule has 0 radical (unpaired) electrons. The van der Waals surface area contributed by atoms with Crippen molar-refractivity contribution in [2.24, 2.45) is 0 Å². The molecule has 1 fully saturated rings. The summed E-state index contributed by atoms with van der Waals surface area (Å²) in [5, 5.41) is 12.3. The number of nitrogens with zero attached hydrogens (tertiary/aromatic N) is 2. The molecule has 1 aliphatic rings. The number of rotatable bonds is 6. The summed E-state index contributed by atoms with van der Waals surface area (Å²) in [5.74, 6) is 0. The molecular formula is C13H25N3. The highest BCUT2D eigenvalue weighted by Crippen LogP contribution is 2.33. The first-order valence-electron chi connectivity index (χ1n) is 6.42. The first kappa shape index (κ1) is 13.5. The van der Waals surface area contributed by atoms with Crippen LogP contribution in [0.4, 0.5) is 0 Å². The molecule has 0 aromatic carbocycles. The van der Waals surface area contributed by atoms with Crippen LogP contribution in [0.1, 0.15) is 45.4 Å². The Morgan fingerprint density at radius 3 is 2.44 bits per heavy atom. The first-order valence-corrected chi connectivity index (χ1v) is 6.42. The standard InChI is InChI=1S/C13H25N3/c1-4-12(7-10-14)15-11-13(16(2)3)8-5-6-9-13/h12,15H,4-9,11H2,1-3H3. The predicted octanol–water partition coefficient (Wildman–Crippen LogP) is 2.14. The van der Waals surface area contributed by atoms with Gasteiger partial charge in [0.05, 0.1) is 12.5 Å². The van der Waals surface area contributed by atoms with E-state index in [1.165, 1.54) is 25.7 Å². The highest BCUT2D eigenvalue weighted by atomic mass is 15.2. The van der Waals surface area contributed by atoms with Gasteiger partial charge in [-0.05, 0) is 33.4 Å². The molecule has 0 saturated heterocycles. The molecule has 0 aromatic heterocycles. The summed E-state index contributed by atoms with van der Waals surface area (Å²) >= 11 is 0. The van der Waals surface area contributed by atoms with Crippen molar-refractivity contribution in [3.05, 3.63) is 0 Å². The Hall–Kier alpha value is -0.590. The summed E-state index contributed by atoms with van der Waals surface area (Å²) < 4.78 is 0. The normalized spacial score (nSPS) is 20.9. The Balaban J connectivity index is 2.47. The third-order valence-corrected chi connectivity index (χ3v) is 4.03. The number of nitriles is 1. The summed E-state index contributed by atoms with van der Waals surface area (Å²) in [6.07, 6.45) is 6.92. The minimum absolute atomic E-state index is 0.336. The zero-order valence-electron chi connectivity index (χ0n) is 10.9. The molecule has 0 aliphatic heterocycles. The van der Waals surface area contributed by atoms with Gasteiger partial charge in [-0.15, -0.1) is 0 Å². The summed E-state index contributed by atoms with van der Waals surface area (Å²) in [7, 11) is 4.36. The SMILES string of the molecule is CCC(CC#N)NCC1(N(C)C)CCCC1. The second-order valence-electron chi connectivity index (χ2n) is 5.17. The van der Waals surface area contributed by atoms with Crippen LogP contribution in [0.15, 0.2) is 0 Å². The largest absolute Gasteiger partial charge is 0.311 e. The second kappa shape index (κ2) is 6.22. The molecule has 0 amide bonds. The topological polar surface area (TPSA) is 39.1 Å². The lowest BCUT2D eigenvalue weighted by molar-refractivity contribution is 0.149. The molecule has 1 atom stereocenters. The summed E-state index contributed by atoms with van der Waals surface area (Å²) in [6, 6.07) is 2.62. The predicted molar refractivity (Wildman–Crippen MR) is 67.2 cm³/mol. The monoisotopic (exact) mass is 223 g/mol. The quantitative estimate of drug-likeness (QED) is 0.750. The Morgan fingerprint density at radius 1 is 1.38 bits per heavy atom. The van der Waals surface area contributed by atoms with E-state index in [1.54, 1.807) is 0 Å². The molecule has 0 spiro atoms. The zero-order valence-corrected chi connectivity index (χ0v) is 10.9. The fraction of sp³-hybridized carbons (Fsp3) is 0.923. The maximum absolute atomic E-state index is 8.73. The van der Waals surface area contributed by atoms with E-state index in [1.807, 2.05) is 0 Å². The minimum atomic E-state index is 0.336. The molecule has 0 heterocycles. The lowest BCUT2D eigenvalue weighted by atomic mass is 9.95. The van der Waals surface area contributed by atoms with Crippen molar-refractivity contribution in [3.8, 4) is 6.07 Å². The number of hydrogen-bond acceptors (Lipinski definition) is 3. The van der Waals surface area contributed by atoms with E-state index in [0.717, 1.165) is 13.0 Å². The van der Waals surface area contributed by atoms with Gasteiger partial charge in [-0.1, -0.05) is 19.8 Å². The van der Waals surface area contributed by atoms with Gasteiger partial charge in [0, 0.05) is 18.1 Å². The molecule has 16 heavy (non-hydrogen) atoms. The average molecular weight is 223 g/mol. The zero-order chi connectivity index (χ0) is 12.0. The molecule has 3 heteroatoms. The van der Waals surface area contributed by atoms with Crippen LogP contribution >= 0.6 is 0 Å². The molecule has 3 nitrogen and oxygen atoms in total. The van der Waals surface area contributed by atoms with Crippen molar-refractivity contribution in [1.29, 1.82) is 5.26 Å². The fourth-order valence-corrected chi connectivity index (χ4v) is 2.62. The van der Waals surface area contributed by atoms with E-state index in [2.05, 4.69) is 37.3 Å². The first-order chi connectivity index (χ1) is 7.64. The van der Waals surface area contributed by atoms with Gasteiger partial charge in [-0.2, -0.15) is 5.26 Å². The second-order valence-corrected chi connectivity index (χ2v) is 5.17. The van der Waals surface area contributed by atoms with E-state index in [4.69, 9.17) is 5.26 Å². The van der Waals surface area contributed by atoms with E-state index < -0.39 is 0 Å². The van der Waals surface area contributed by atoms with Gasteiger partial charge in [-0.3, -0.25) is 0 Å². The van der Waals surface area contributed by atoms with Crippen LogP contribution in [-0.2, 0) is 0 Å². The molecule has 1 rings (SSSR count). The molecule has 0 aromatic rings. The smallest absolute Gasteiger partial charge is 0.0638 e. The van der Waals surface area contributed by atoms with Gasteiger partial charge in [0.15, 0.2) is 0 Å². The van der Waals surface area contributed by atoms with Gasteiger partial charge >= 0.3 is 0 Å². The van der Waals surface area contributed by atoms with Crippen LogP contribution in [0.25, 0.3) is 0 Å². The van der Waals surface area contributed by atoms with E-state index in [9.17, 15) is 0 Å². The van der Waals surface area contributed by atoms with Crippen LogP contribution in [0.3, 0.4) is 0 Å². The van der Waals surface area contributed by atoms with Crippen molar-refractivity contribution in [1.82, 2.24) is 10.2 Å². The van der Waals surface area contributed by atoms with Crippen molar-refractivity contribution < 1.29 is 0 Å². The average Bonchev–Trinajstić information content (AvgIpc) is 2.74. The lowest BCUT2D eigenvalue weighted by Crippen LogP contribution is -2.51. The Labute approximate surface area is 99.8 Å². The van der Waals surface area contributed by atoms with Gasteiger partial charge in [0.1, 0.15) is 0 Å². The van der Waals surface area contributed by atoms with E-state index >= 15 is 0 Å². The van der Waals surface area contributed by atoms with Crippen molar-refractivity contribution in [3.63, 3.8) is 0 Å². The molecule has 92 valence electrons. The number of likely N-dealkylation sites (N-methyl/N-ethyl adjacent to an activating group) is 1. The van der Waals surface area contributed by atoms with Gasteiger partial charge in [-0.25, -0.2) is 0 Å². The van der Waals surface area contributed by atoms with Crippen molar-refractivity contribution in [2.75, 3.05) is 20.6 Å². The van der Waals surface area contributed by atoms with E-state index in [-0.39, 0.29) is 0 Å². The Kier molecular flexibility index (Phi) is 5.24. The van der Waals surface area contributed by atoms with Crippen molar-refractivity contribution >= 4 is 0 Å². The number of hydrogen-bond donors (Lipinski definition) is 1. The summed E-state index contributed by atoms with van der Waals surface area (Å²) in [5.41, 5.74) is 0.336. The Bertz CT molecular complexity index is 236. The van der Waals surface area contributed by atoms with Gasteiger partial charge in [0.2, 0.25) is 0 Å². The molecule has 0 bridgehead atoms. The van der Waals surface area contributed by atoms with Crippen LogP contribution in [0, 0.1) is 11.3 Å². The van der Waals surface area contributed by atoms with Crippen LogP contribution < -0.4 is 5.32 Å². The number of nitrogens with one attached hydrogen (secondary N) is 1. The lowest BCUT2D eigenvalue weighted by Gasteiger charge is -2.37. The summed E-state index contributed by atoms with van der Waals surface area (Å²) in [6.45, 7) is 3.17. The third kappa shape index (κ3) is 3.20. The van der Waals surface area contributed by atoms with Crippen LogP contribution in [0.5, 0.6) is 0 Å². The Morgan fingerprint density at radius 2 is 2.00 bits per heavy atom. The molecule has 1 saturated carbocycles. The van der Waals surface area contributed by atoms with Crippen LogP contribution in [-0.4, -0.2) is 37.1 Å². The van der Waals surface area contributed by atoms with Gasteiger partial charge in [0.25, 0.3) is 0 Å². The third-order valence-electron chi connectivity index (χ3n) is 4.03. The molecule has 1 aliphatic carbocycles. The maximum atomic E-state index is 8.73. The highest BCUT2D eigenvalue weighted by molar-refractivity contribution is 4.95. The van der Waals surface area contributed by atoms with Gasteiger partial charge < -0.3 is 10.2 Å². The van der Waals surface area contributed by atoms with Crippen molar-refractivity contribution in [2.45, 2.75) is 57.0 Å². The molecule has 1 unspecified atom stereocenters. The summed E-state index contributed by atoms with van der Waals surface area (Å²) in [4.78, 5) is 2.37. The molecule has 1 N–H and O–H groups in total. The highest BCUT2D eigenvalue weighted by Gasteiger charge is 2.35. The fourth-order valence-electron chi connectivity index (χ4n) is 2.62. The van der Waals surface area contributed by atoms with Crippen LogP contribution in [0.2, 0.25) is 0 Å². The molecular weight excluding hydrogens is 198 g/mol. The minimum Gasteiger partial charge on any atom is -0.311 e.